The summed E-state index contributed by atoms with van der Waals surface area (Å²) in [6.07, 6.45) is 3.62. The molecule has 6 nitrogen and oxygen atoms in total. The Bertz CT molecular complexity index is 348. The molecule has 2 amide bonds. The molecule has 2 aliphatic rings. The van der Waals surface area contributed by atoms with Crippen molar-refractivity contribution < 1.29 is 14.7 Å². The molecule has 2 heterocycles. The minimum Gasteiger partial charge on any atom is -0.481 e. The molecule has 0 aromatic rings. The van der Waals surface area contributed by atoms with E-state index in [0.29, 0.717) is 38.5 Å². The fourth-order valence-electron chi connectivity index (χ4n) is 2.99. The number of amides is 2. The molecule has 0 aliphatic carbocycles. The average molecular weight is 283 g/mol. The van der Waals surface area contributed by atoms with Crippen molar-refractivity contribution in [3.8, 4) is 0 Å². The maximum absolute atomic E-state index is 12.0. The highest BCUT2D eigenvalue weighted by Crippen LogP contribution is 2.17. The molecule has 1 unspecified atom stereocenters. The normalized spacial score (nSPS) is 22.8. The molecule has 0 spiro atoms. The summed E-state index contributed by atoms with van der Waals surface area (Å²) in [6.45, 7) is 6.14. The fraction of sp³-hybridized carbons (Fsp3) is 0.857. The summed E-state index contributed by atoms with van der Waals surface area (Å²) in [5.74, 6) is -1.03. The molecule has 114 valence electrons. The van der Waals surface area contributed by atoms with E-state index in [1.165, 1.54) is 12.8 Å². The van der Waals surface area contributed by atoms with E-state index in [1.54, 1.807) is 4.90 Å². The van der Waals surface area contributed by atoms with Crippen LogP contribution in [0.1, 0.15) is 32.6 Å². The van der Waals surface area contributed by atoms with Gasteiger partial charge in [-0.3, -0.25) is 9.69 Å². The summed E-state index contributed by atoms with van der Waals surface area (Å²) in [4.78, 5) is 27.0. The maximum Gasteiger partial charge on any atom is 0.317 e. The number of aliphatic carboxylic acids is 1. The summed E-state index contributed by atoms with van der Waals surface area (Å²) in [7, 11) is 0. The quantitative estimate of drug-likeness (QED) is 0.806. The Balaban J connectivity index is 1.68. The van der Waals surface area contributed by atoms with Crippen LogP contribution < -0.4 is 5.32 Å². The lowest BCUT2D eigenvalue weighted by atomic mass is 9.97. The van der Waals surface area contributed by atoms with Gasteiger partial charge in [-0.1, -0.05) is 0 Å². The molecular formula is C14H25N3O3. The number of carboxylic acid groups (broad SMARTS) is 1. The fourth-order valence-corrected chi connectivity index (χ4v) is 2.99. The first-order valence-corrected chi connectivity index (χ1v) is 7.57. The lowest BCUT2D eigenvalue weighted by Gasteiger charge is -2.31. The van der Waals surface area contributed by atoms with E-state index in [1.807, 2.05) is 0 Å². The van der Waals surface area contributed by atoms with Crippen LogP contribution in [-0.2, 0) is 4.79 Å². The molecule has 20 heavy (non-hydrogen) atoms. The number of urea groups is 1. The highest BCUT2D eigenvalue weighted by Gasteiger charge is 2.27. The van der Waals surface area contributed by atoms with Gasteiger partial charge >= 0.3 is 12.0 Å². The maximum atomic E-state index is 12.0. The topological polar surface area (TPSA) is 72.9 Å². The Labute approximate surface area is 120 Å². The van der Waals surface area contributed by atoms with Gasteiger partial charge in [0.1, 0.15) is 0 Å². The number of carbonyl (C=O) groups excluding carboxylic acids is 1. The number of nitrogens with zero attached hydrogens (tertiary/aromatic N) is 2. The van der Waals surface area contributed by atoms with Gasteiger partial charge in [-0.05, 0) is 45.7 Å². The Morgan fingerprint density at radius 2 is 1.80 bits per heavy atom. The van der Waals surface area contributed by atoms with Gasteiger partial charge in [-0.15, -0.1) is 0 Å². The number of hydrogen-bond donors (Lipinski definition) is 2. The minimum absolute atomic E-state index is 0.0557. The Morgan fingerprint density at radius 3 is 2.35 bits per heavy atom. The average Bonchev–Trinajstić information content (AvgIpc) is 2.98. The second-order valence-electron chi connectivity index (χ2n) is 5.88. The molecule has 2 fully saturated rings. The molecule has 2 aliphatic heterocycles. The van der Waals surface area contributed by atoms with Crippen LogP contribution in [0.3, 0.4) is 0 Å². The van der Waals surface area contributed by atoms with E-state index in [4.69, 9.17) is 5.11 Å². The molecular weight excluding hydrogens is 258 g/mol. The third-order valence-electron chi connectivity index (χ3n) is 4.44. The molecule has 0 saturated carbocycles. The molecule has 0 aromatic heterocycles. The monoisotopic (exact) mass is 283 g/mol. The van der Waals surface area contributed by atoms with Crippen molar-refractivity contribution >= 4 is 12.0 Å². The zero-order valence-corrected chi connectivity index (χ0v) is 12.2. The lowest BCUT2D eigenvalue weighted by Crippen LogP contribution is -2.48. The number of rotatable bonds is 4. The van der Waals surface area contributed by atoms with Crippen molar-refractivity contribution in [2.45, 2.75) is 38.6 Å². The van der Waals surface area contributed by atoms with E-state index < -0.39 is 5.97 Å². The Hall–Kier alpha value is -1.30. The van der Waals surface area contributed by atoms with Crippen LogP contribution >= 0.6 is 0 Å². The van der Waals surface area contributed by atoms with Gasteiger partial charge in [0.05, 0.1) is 5.92 Å². The molecule has 0 bridgehead atoms. The van der Waals surface area contributed by atoms with Gasteiger partial charge in [0.2, 0.25) is 0 Å². The number of hydrogen-bond acceptors (Lipinski definition) is 3. The Kier molecular flexibility index (Phi) is 5.23. The standard InChI is InChI=1S/C14H25N3O3/c1-11(16-6-2-3-7-16)10-15-14(20)17-8-4-12(5-9-17)13(18)19/h11-12H,2-10H2,1H3,(H,15,20)(H,18,19). The highest BCUT2D eigenvalue weighted by atomic mass is 16.4. The SMILES string of the molecule is CC(CNC(=O)N1CCC(C(=O)O)CC1)N1CCCC1. The van der Waals surface area contributed by atoms with Gasteiger partial charge in [0, 0.05) is 25.7 Å². The van der Waals surface area contributed by atoms with E-state index in [9.17, 15) is 9.59 Å². The zero-order valence-electron chi connectivity index (χ0n) is 12.2. The second kappa shape index (κ2) is 6.92. The summed E-state index contributed by atoms with van der Waals surface area (Å²) in [5, 5.41) is 11.9. The zero-order chi connectivity index (χ0) is 14.5. The van der Waals surface area contributed by atoms with Crippen LogP contribution in [0.25, 0.3) is 0 Å². The molecule has 2 rings (SSSR count). The minimum atomic E-state index is -0.743. The van der Waals surface area contributed by atoms with Crippen LogP contribution in [0, 0.1) is 5.92 Å². The molecule has 6 heteroatoms. The van der Waals surface area contributed by atoms with Gasteiger partial charge in [-0.2, -0.15) is 0 Å². The third kappa shape index (κ3) is 3.85. The molecule has 2 N–H and O–H groups in total. The van der Waals surface area contributed by atoms with Gasteiger partial charge in [-0.25, -0.2) is 4.79 Å². The summed E-state index contributed by atoms with van der Waals surface area (Å²) in [6, 6.07) is 0.317. The van der Waals surface area contributed by atoms with Crippen LogP contribution in [0.4, 0.5) is 4.79 Å². The predicted octanol–water partition coefficient (Wildman–Crippen LogP) is 0.977. The van der Waals surface area contributed by atoms with Crippen molar-refractivity contribution in [1.82, 2.24) is 15.1 Å². The summed E-state index contributed by atoms with van der Waals surface area (Å²) in [5.41, 5.74) is 0. The third-order valence-corrected chi connectivity index (χ3v) is 4.44. The predicted molar refractivity (Wildman–Crippen MR) is 75.6 cm³/mol. The van der Waals surface area contributed by atoms with Gasteiger partial charge in [0.25, 0.3) is 0 Å². The first kappa shape index (κ1) is 15.1. The smallest absolute Gasteiger partial charge is 0.317 e. The number of piperidine rings is 1. The number of likely N-dealkylation sites (tertiary alicyclic amines) is 2. The molecule has 0 aromatic carbocycles. The van der Waals surface area contributed by atoms with Crippen molar-refractivity contribution in [1.29, 1.82) is 0 Å². The first-order chi connectivity index (χ1) is 9.58. The van der Waals surface area contributed by atoms with Crippen LogP contribution in [0.5, 0.6) is 0 Å². The molecule has 1 atom stereocenters. The van der Waals surface area contributed by atoms with Crippen molar-refractivity contribution in [2.24, 2.45) is 5.92 Å². The molecule has 2 saturated heterocycles. The number of carbonyl (C=O) groups is 2. The van der Waals surface area contributed by atoms with Crippen LogP contribution in [0.2, 0.25) is 0 Å². The van der Waals surface area contributed by atoms with E-state index in [0.717, 1.165) is 13.1 Å². The van der Waals surface area contributed by atoms with Crippen molar-refractivity contribution in [3.63, 3.8) is 0 Å². The van der Waals surface area contributed by atoms with Crippen LogP contribution in [-0.4, -0.2) is 65.7 Å². The van der Waals surface area contributed by atoms with Crippen molar-refractivity contribution in [2.75, 3.05) is 32.7 Å². The summed E-state index contributed by atoms with van der Waals surface area (Å²) < 4.78 is 0. The summed E-state index contributed by atoms with van der Waals surface area (Å²) >= 11 is 0. The second-order valence-corrected chi connectivity index (χ2v) is 5.88. The first-order valence-electron chi connectivity index (χ1n) is 7.57. The highest BCUT2D eigenvalue weighted by molar-refractivity contribution is 5.75. The van der Waals surface area contributed by atoms with E-state index in [2.05, 4.69) is 17.1 Å². The number of carboxylic acids is 1. The Morgan fingerprint density at radius 1 is 1.20 bits per heavy atom. The van der Waals surface area contributed by atoms with Gasteiger partial charge in [0.15, 0.2) is 0 Å². The molecule has 0 radical (unpaired) electrons. The van der Waals surface area contributed by atoms with E-state index >= 15 is 0 Å². The number of nitrogens with one attached hydrogen (secondary N) is 1. The lowest BCUT2D eigenvalue weighted by molar-refractivity contribution is -0.143. The largest absolute Gasteiger partial charge is 0.481 e. The van der Waals surface area contributed by atoms with Crippen LogP contribution in [0.15, 0.2) is 0 Å². The van der Waals surface area contributed by atoms with E-state index in [-0.39, 0.29) is 11.9 Å². The van der Waals surface area contributed by atoms with Gasteiger partial charge < -0.3 is 15.3 Å². The van der Waals surface area contributed by atoms with Crippen molar-refractivity contribution in [3.05, 3.63) is 0 Å².